The minimum absolute atomic E-state index is 0.0532. The van der Waals surface area contributed by atoms with Gasteiger partial charge in [0.15, 0.2) is 0 Å². The lowest BCUT2D eigenvalue weighted by molar-refractivity contribution is -0.141. The van der Waals surface area contributed by atoms with Crippen LogP contribution in [0.3, 0.4) is 0 Å². The highest BCUT2D eigenvalue weighted by atomic mass is 16.5. The first-order valence-corrected chi connectivity index (χ1v) is 5.05. The van der Waals surface area contributed by atoms with Crippen molar-refractivity contribution in [3.8, 4) is 0 Å². The molecule has 0 aromatic heterocycles. The zero-order valence-corrected chi connectivity index (χ0v) is 8.71. The van der Waals surface area contributed by atoms with Crippen molar-refractivity contribution in [3.05, 3.63) is 0 Å². The van der Waals surface area contributed by atoms with E-state index in [4.69, 9.17) is 4.74 Å². The van der Waals surface area contributed by atoms with E-state index in [2.05, 4.69) is 19.2 Å². The van der Waals surface area contributed by atoms with Crippen molar-refractivity contribution in [3.63, 3.8) is 0 Å². The fraction of sp³-hybridized carbons (Fsp3) is 0.800. The summed E-state index contributed by atoms with van der Waals surface area (Å²) >= 11 is 0. The fourth-order valence-electron chi connectivity index (χ4n) is 1.31. The zero-order valence-electron chi connectivity index (χ0n) is 8.71. The Labute approximate surface area is 84.0 Å². The van der Waals surface area contributed by atoms with Gasteiger partial charge in [0.1, 0.15) is 6.04 Å². The first-order chi connectivity index (χ1) is 6.59. The maximum Gasteiger partial charge on any atom is 0.328 e. The summed E-state index contributed by atoms with van der Waals surface area (Å²) in [5.41, 5.74) is 0. The second kappa shape index (κ2) is 4.98. The summed E-state index contributed by atoms with van der Waals surface area (Å²) in [6.45, 7) is 4.56. The van der Waals surface area contributed by atoms with Crippen LogP contribution in [0.1, 0.15) is 33.1 Å². The molecule has 1 fully saturated rings. The average molecular weight is 199 g/mol. The van der Waals surface area contributed by atoms with Crippen LogP contribution < -0.4 is 5.32 Å². The highest BCUT2D eigenvalue weighted by Gasteiger charge is 2.27. The van der Waals surface area contributed by atoms with Crippen LogP contribution in [0.25, 0.3) is 0 Å². The van der Waals surface area contributed by atoms with E-state index in [9.17, 15) is 9.59 Å². The Kier molecular flexibility index (Phi) is 3.92. The largest absolute Gasteiger partial charge is 0.464 e. The zero-order chi connectivity index (χ0) is 10.6. The third kappa shape index (κ3) is 3.36. The summed E-state index contributed by atoms with van der Waals surface area (Å²) in [6.07, 6.45) is 1.95. The van der Waals surface area contributed by atoms with E-state index in [1.165, 1.54) is 0 Å². The van der Waals surface area contributed by atoms with Gasteiger partial charge in [-0.2, -0.15) is 0 Å². The summed E-state index contributed by atoms with van der Waals surface area (Å²) < 4.78 is 4.74. The Morgan fingerprint density at radius 1 is 1.64 bits per heavy atom. The third-order valence-corrected chi connectivity index (χ3v) is 2.22. The Bertz CT molecular complexity index is 225. The topological polar surface area (TPSA) is 55.4 Å². The molecule has 1 atom stereocenters. The van der Waals surface area contributed by atoms with E-state index in [0.29, 0.717) is 25.4 Å². The first-order valence-electron chi connectivity index (χ1n) is 5.05. The van der Waals surface area contributed by atoms with Crippen LogP contribution in [0, 0.1) is 5.92 Å². The smallest absolute Gasteiger partial charge is 0.328 e. The minimum Gasteiger partial charge on any atom is -0.464 e. The van der Waals surface area contributed by atoms with Gasteiger partial charge < -0.3 is 10.1 Å². The summed E-state index contributed by atoms with van der Waals surface area (Å²) in [5, 5.41) is 2.67. The van der Waals surface area contributed by atoms with E-state index in [0.717, 1.165) is 6.42 Å². The molecule has 0 saturated carbocycles. The number of ether oxygens (including phenoxy) is 1. The number of carbonyl (C=O) groups excluding carboxylic acids is 2. The van der Waals surface area contributed by atoms with E-state index < -0.39 is 6.04 Å². The highest BCUT2D eigenvalue weighted by molar-refractivity contribution is 5.85. The SMILES string of the molecule is CC(C)CCC(=O)NC1CCOC1=O. The van der Waals surface area contributed by atoms with Crippen LogP contribution in [0.2, 0.25) is 0 Å². The lowest BCUT2D eigenvalue weighted by Crippen LogP contribution is -2.37. The second-order valence-electron chi connectivity index (χ2n) is 4.01. The van der Waals surface area contributed by atoms with Gasteiger partial charge in [0, 0.05) is 12.8 Å². The van der Waals surface area contributed by atoms with Gasteiger partial charge in [0.05, 0.1) is 6.61 Å². The molecule has 0 aromatic rings. The van der Waals surface area contributed by atoms with Crippen molar-refractivity contribution in [1.82, 2.24) is 5.32 Å². The maximum atomic E-state index is 11.3. The summed E-state index contributed by atoms with van der Waals surface area (Å²) in [6, 6.07) is -0.408. The molecule has 1 N–H and O–H groups in total. The van der Waals surface area contributed by atoms with Gasteiger partial charge in [-0.25, -0.2) is 4.79 Å². The Morgan fingerprint density at radius 2 is 2.36 bits per heavy atom. The molecule has 1 aliphatic heterocycles. The molecule has 1 rings (SSSR count). The summed E-state index contributed by atoms with van der Waals surface area (Å²) in [4.78, 5) is 22.3. The molecule has 4 heteroatoms. The van der Waals surface area contributed by atoms with E-state index in [1.54, 1.807) is 0 Å². The molecule has 0 aromatic carbocycles. The standard InChI is InChI=1S/C10H17NO3/c1-7(2)3-4-9(12)11-8-5-6-14-10(8)13/h7-8H,3-6H2,1-2H3,(H,11,12). The molecule has 1 heterocycles. The number of rotatable bonds is 4. The molecule has 1 aliphatic rings. The minimum atomic E-state index is -0.408. The first kappa shape index (κ1) is 11.0. The van der Waals surface area contributed by atoms with Crippen LogP contribution in [0.4, 0.5) is 0 Å². The normalized spacial score (nSPS) is 21.1. The van der Waals surface area contributed by atoms with Gasteiger partial charge in [-0.1, -0.05) is 13.8 Å². The second-order valence-corrected chi connectivity index (χ2v) is 4.01. The molecule has 4 nitrogen and oxygen atoms in total. The van der Waals surface area contributed by atoms with Crippen molar-refractivity contribution in [2.75, 3.05) is 6.61 Å². The quantitative estimate of drug-likeness (QED) is 0.683. The number of hydrogen-bond donors (Lipinski definition) is 1. The Morgan fingerprint density at radius 3 is 2.86 bits per heavy atom. The summed E-state index contributed by atoms with van der Waals surface area (Å²) in [7, 11) is 0. The van der Waals surface area contributed by atoms with Crippen LogP contribution >= 0.6 is 0 Å². The molecule has 0 spiro atoms. The lowest BCUT2D eigenvalue weighted by atomic mass is 10.1. The summed E-state index contributed by atoms with van der Waals surface area (Å²) in [5.74, 6) is 0.154. The highest BCUT2D eigenvalue weighted by Crippen LogP contribution is 2.07. The van der Waals surface area contributed by atoms with Gasteiger partial charge in [0.2, 0.25) is 5.91 Å². The van der Waals surface area contributed by atoms with Crippen molar-refractivity contribution in [1.29, 1.82) is 0 Å². The van der Waals surface area contributed by atoms with Crippen LogP contribution in [0.5, 0.6) is 0 Å². The molecule has 14 heavy (non-hydrogen) atoms. The molecular weight excluding hydrogens is 182 g/mol. The molecule has 1 saturated heterocycles. The molecule has 1 amide bonds. The van der Waals surface area contributed by atoms with E-state index in [-0.39, 0.29) is 11.9 Å². The van der Waals surface area contributed by atoms with Gasteiger partial charge in [-0.05, 0) is 12.3 Å². The van der Waals surface area contributed by atoms with Crippen LogP contribution in [0.15, 0.2) is 0 Å². The number of carbonyl (C=O) groups is 2. The number of amides is 1. The molecule has 1 unspecified atom stereocenters. The third-order valence-electron chi connectivity index (χ3n) is 2.22. The number of cyclic esters (lactones) is 1. The average Bonchev–Trinajstić information content (AvgIpc) is 2.49. The fourth-order valence-corrected chi connectivity index (χ4v) is 1.31. The van der Waals surface area contributed by atoms with Crippen LogP contribution in [-0.2, 0) is 14.3 Å². The van der Waals surface area contributed by atoms with Gasteiger partial charge in [-0.3, -0.25) is 4.79 Å². The van der Waals surface area contributed by atoms with Crippen molar-refractivity contribution < 1.29 is 14.3 Å². The van der Waals surface area contributed by atoms with Crippen LogP contribution in [-0.4, -0.2) is 24.5 Å². The Balaban J connectivity index is 2.23. The predicted octanol–water partition coefficient (Wildman–Crippen LogP) is 0.854. The van der Waals surface area contributed by atoms with E-state index in [1.807, 2.05) is 0 Å². The number of hydrogen-bond acceptors (Lipinski definition) is 3. The van der Waals surface area contributed by atoms with Gasteiger partial charge in [0.25, 0.3) is 0 Å². The van der Waals surface area contributed by atoms with Gasteiger partial charge >= 0.3 is 5.97 Å². The molecular formula is C10H17NO3. The Hall–Kier alpha value is -1.06. The van der Waals surface area contributed by atoms with Crippen molar-refractivity contribution >= 4 is 11.9 Å². The van der Waals surface area contributed by atoms with E-state index >= 15 is 0 Å². The lowest BCUT2D eigenvalue weighted by Gasteiger charge is -2.09. The molecule has 80 valence electrons. The molecule has 0 radical (unpaired) electrons. The van der Waals surface area contributed by atoms with Crippen molar-refractivity contribution in [2.24, 2.45) is 5.92 Å². The maximum absolute atomic E-state index is 11.3. The number of esters is 1. The van der Waals surface area contributed by atoms with Crippen molar-refractivity contribution in [2.45, 2.75) is 39.2 Å². The predicted molar refractivity (Wildman–Crippen MR) is 51.6 cm³/mol. The molecule has 0 aliphatic carbocycles. The van der Waals surface area contributed by atoms with Gasteiger partial charge in [-0.15, -0.1) is 0 Å². The monoisotopic (exact) mass is 199 g/mol. The molecule has 0 bridgehead atoms. The number of nitrogens with one attached hydrogen (secondary N) is 1.